The Hall–Kier alpha value is -2.12. The van der Waals surface area contributed by atoms with Crippen molar-refractivity contribution in [3.05, 3.63) is 0 Å². The number of carbonyl (C=O) groups is 4. The number of carbonyl (C=O) groups excluding carboxylic acids is 1. The molecule has 0 bridgehead atoms. The molecule has 0 aromatic rings. The van der Waals surface area contributed by atoms with Gasteiger partial charge in [0.25, 0.3) is 0 Å². The van der Waals surface area contributed by atoms with E-state index in [2.05, 4.69) is 0 Å². The fourth-order valence-electron chi connectivity index (χ4n) is 2.28. The van der Waals surface area contributed by atoms with E-state index in [1.165, 1.54) is 21.8 Å². The molecule has 0 saturated heterocycles. The Kier molecular flexibility index (Phi) is 12.9. The lowest BCUT2D eigenvalue weighted by Gasteiger charge is -2.28. The fraction of sp³-hybridized carbons (Fsp3) is 0.733. The molecule has 12 heteroatoms. The third-order valence-electron chi connectivity index (χ3n) is 3.56. The van der Waals surface area contributed by atoms with Gasteiger partial charge in [0, 0.05) is 39.8 Å². The number of carboxylic acids is 3. The third-order valence-corrected chi connectivity index (χ3v) is 3.56. The van der Waals surface area contributed by atoms with E-state index >= 15 is 0 Å². The lowest BCUT2D eigenvalue weighted by molar-refractivity contribution is -0.142. The van der Waals surface area contributed by atoms with Gasteiger partial charge in [-0.05, 0) is 0 Å². The first-order valence-corrected chi connectivity index (χ1v) is 8.14. The van der Waals surface area contributed by atoms with Crippen LogP contribution in [0.5, 0.6) is 0 Å². The summed E-state index contributed by atoms with van der Waals surface area (Å²) in [5.41, 5.74) is 0. The molecule has 0 aliphatic heterocycles. The monoisotopic (exact) mass is 393 g/mol. The summed E-state index contributed by atoms with van der Waals surface area (Å²) in [6.07, 6.45) is -0.624. The molecule has 156 valence electrons. The van der Waals surface area contributed by atoms with Gasteiger partial charge < -0.3 is 30.0 Å². The van der Waals surface area contributed by atoms with Gasteiger partial charge in [-0.1, -0.05) is 0 Å². The minimum absolute atomic E-state index is 0.0695. The number of methoxy groups -OCH3 is 1. The summed E-state index contributed by atoms with van der Waals surface area (Å²) < 4.78 is 4.69. The molecule has 0 radical (unpaired) electrons. The molecular weight excluding hydrogens is 366 g/mol. The summed E-state index contributed by atoms with van der Waals surface area (Å²) in [6, 6.07) is 0. The number of aliphatic hydroxyl groups is 1. The minimum Gasteiger partial charge on any atom is -0.480 e. The minimum atomic E-state index is -1.18. The summed E-state index contributed by atoms with van der Waals surface area (Å²) in [5.74, 6) is -3.32. The van der Waals surface area contributed by atoms with Crippen LogP contribution in [0.3, 0.4) is 0 Å². The molecule has 0 fully saturated rings. The Balaban J connectivity index is 4.79. The molecule has 27 heavy (non-hydrogen) atoms. The van der Waals surface area contributed by atoms with Gasteiger partial charge in [-0.15, -0.1) is 0 Å². The molecule has 0 amide bonds. The number of aliphatic carboxylic acids is 3. The maximum Gasteiger partial charge on any atom is 0.317 e. The average molecular weight is 393 g/mol. The Morgan fingerprint density at radius 1 is 0.852 bits per heavy atom. The van der Waals surface area contributed by atoms with Crippen LogP contribution in [0, 0.1) is 0 Å². The molecule has 4 N–H and O–H groups in total. The predicted octanol–water partition coefficient (Wildman–Crippen LogP) is -2.69. The standard InChI is InChI=1S/C15H27N3O9/c1-27-15(26)11-18(10-14(24)25)5-4-16(8-12(20)21)2-3-17(6-7-19)9-13(22)23/h7,15,26H,2-6,8-11H2,1H3,(H,20,21)(H,22,23)(H,24,25). The second-order valence-electron chi connectivity index (χ2n) is 5.78. The highest BCUT2D eigenvalue weighted by Gasteiger charge is 2.18. The van der Waals surface area contributed by atoms with Crippen molar-refractivity contribution in [1.29, 1.82) is 0 Å². The Morgan fingerprint density at radius 2 is 1.26 bits per heavy atom. The van der Waals surface area contributed by atoms with E-state index in [-0.39, 0.29) is 58.9 Å². The van der Waals surface area contributed by atoms with Gasteiger partial charge in [-0.2, -0.15) is 0 Å². The van der Waals surface area contributed by atoms with Crippen LogP contribution in [0.2, 0.25) is 0 Å². The van der Waals surface area contributed by atoms with Crippen molar-refractivity contribution in [2.24, 2.45) is 0 Å². The number of hydrogen-bond donors (Lipinski definition) is 4. The largest absolute Gasteiger partial charge is 0.480 e. The number of hydrogen-bond acceptors (Lipinski definition) is 9. The zero-order valence-corrected chi connectivity index (χ0v) is 15.2. The van der Waals surface area contributed by atoms with Gasteiger partial charge in [0.15, 0.2) is 6.29 Å². The van der Waals surface area contributed by atoms with Crippen LogP contribution in [0.25, 0.3) is 0 Å². The third kappa shape index (κ3) is 13.7. The van der Waals surface area contributed by atoms with Gasteiger partial charge in [-0.25, -0.2) is 0 Å². The Labute approximate surface area is 156 Å². The fourth-order valence-corrected chi connectivity index (χ4v) is 2.28. The number of ether oxygens (including phenoxy) is 1. The normalized spacial score (nSPS) is 12.5. The van der Waals surface area contributed by atoms with Crippen LogP contribution in [0.1, 0.15) is 0 Å². The Morgan fingerprint density at radius 3 is 1.70 bits per heavy atom. The highest BCUT2D eigenvalue weighted by molar-refractivity contribution is 5.70. The molecule has 0 aliphatic rings. The van der Waals surface area contributed by atoms with Crippen molar-refractivity contribution in [1.82, 2.24) is 14.7 Å². The number of rotatable bonds is 17. The molecule has 0 aromatic heterocycles. The van der Waals surface area contributed by atoms with Gasteiger partial charge in [0.05, 0.1) is 26.2 Å². The predicted molar refractivity (Wildman–Crippen MR) is 91.3 cm³/mol. The van der Waals surface area contributed by atoms with Crippen LogP contribution < -0.4 is 0 Å². The summed E-state index contributed by atoms with van der Waals surface area (Å²) in [4.78, 5) is 47.6. The maximum atomic E-state index is 11.0. The van der Waals surface area contributed by atoms with Crippen molar-refractivity contribution in [3.8, 4) is 0 Å². The van der Waals surface area contributed by atoms with E-state index in [9.17, 15) is 24.3 Å². The summed E-state index contributed by atoms with van der Waals surface area (Å²) >= 11 is 0. The van der Waals surface area contributed by atoms with Crippen molar-refractivity contribution >= 4 is 24.2 Å². The molecule has 1 unspecified atom stereocenters. The summed E-state index contributed by atoms with van der Waals surface area (Å²) in [7, 11) is 1.27. The zero-order valence-electron chi connectivity index (χ0n) is 15.2. The second-order valence-corrected chi connectivity index (χ2v) is 5.78. The van der Waals surface area contributed by atoms with E-state index in [4.69, 9.17) is 20.1 Å². The van der Waals surface area contributed by atoms with Gasteiger partial charge in [0.1, 0.15) is 6.29 Å². The number of aldehydes is 1. The van der Waals surface area contributed by atoms with Crippen molar-refractivity contribution in [2.45, 2.75) is 6.29 Å². The van der Waals surface area contributed by atoms with Crippen molar-refractivity contribution < 1.29 is 44.3 Å². The van der Waals surface area contributed by atoms with Crippen LogP contribution >= 0.6 is 0 Å². The smallest absolute Gasteiger partial charge is 0.317 e. The quantitative estimate of drug-likeness (QED) is 0.149. The van der Waals surface area contributed by atoms with E-state index in [1.54, 1.807) is 0 Å². The number of carboxylic acid groups (broad SMARTS) is 3. The van der Waals surface area contributed by atoms with E-state index < -0.39 is 24.2 Å². The molecular formula is C15H27N3O9. The van der Waals surface area contributed by atoms with E-state index in [0.717, 1.165) is 0 Å². The van der Waals surface area contributed by atoms with Gasteiger partial charge in [-0.3, -0.25) is 29.1 Å². The molecule has 0 rings (SSSR count). The zero-order chi connectivity index (χ0) is 20.8. The average Bonchev–Trinajstić information content (AvgIpc) is 2.55. The molecule has 12 nitrogen and oxygen atoms in total. The Bertz CT molecular complexity index is 489. The SMILES string of the molecule is COC(O)CN(CCN(CCN(CC=O)CC(=O)O)CC(=O)O)CC(=O)O. The molecule has 0 saturated carbocycles. The lowest BCUT2D eigenvalue weighted by atomic mass is 10.3. The first-order valence-electron chi connectivity index (χ1n) is 8.14. The molecule has 0 aromatic carbocycles. The topological polar surface area (TPSA) is 168 Å². The van der Waals surface area contributed by atoms with Crippen LogP contribution in [0.4, 0.5) is 0 Å². The van der Waals surface area contributed by atoms with E-state index in [0.29, 0.717) is 6.29 Å². The van der Waals surface area contributed by atoms with Crippen molar-refractivity contribution in [2.75, 3.05) is 66.0 Å². The van der Waals surface area contributed by atoms with Gasteiger partial charge in [0.2, 0.25) is 0 Å². The maximum absolute atomic E-state index is 11.0. The lowest BCUT2D eigenvalue weighted by Crippen LogP contribution is -2.45. The first-order chi connectivity index (χ1) is 12.7. The van der Waals surface area contributed by atoms with Crippen LogP contribution in [-0.2, 0) is 23.9 Å². The molecule has 0 heterocycles. The van der Waals surface area contributed by atoms with Gasteiger partial charge >= 0.3 is 17.9 Å². The van der Waals surface area contributed by atoms with Crippen LogP contribution in [0.15, 0.2) is 0 Å². The first kappa shape index (κ1) is 24.9. The van der Waals surface area contributed by atoms with Crippen molar-refractivity contribution in [3.63, 3.8) is 0 Å². The highest BCUT2D eigenvalue weighted by atomic mass is 16.6. The summed E-state index contributed by atoms with van der Waals surface area (Å²) in [6.45, 7) is -0.597. The number of aliphatic hydroxyl groups excluding tert-OH is 1. The summed E-state index contributed by atoms with van der Waals surface area (Å²) in [5, 5.41) is 36.3. The molecule has 0 aliphatic carbocycles. The number of nitrogens with zero attached hydrogens (tertiary/aromatic N) is 3. The molecule has 1 atom stereocenters. The highest BCUT2D eigenvalue weighted by Crippen LogP contribution is 1.98. The second kappa shape index (κ2) is 14.0. The molecule has 0 spiro atoms. The van der Waals surface area contributed by atoms with Crippen LogP contribution in [-0.4, -0.2) is 132 Å². The van der Waals surface area contributed by atoms with E-state index in [1.807, 2.05) is 0 Å².